The molecule has 2 rings (SSSR count). The molecule has 0 bridgehead atoms. The van der Waals surface area contributed by atoms with Crippen LogP contribution in [0.3, 0.4) is 0 Å². The van der Waals surface area contributed by atoms with E-state index in [1.807, 2.05) is 0 Å². The Morgan fingerprint density at radius 2 is 1.90 bits per heavy atom. The van der Waals surface area contributed by atoms with Gasteiger partial charge in [0.25, 0.3) is 0 Å². The van der Waals surface area contributed by atoms with E-state index in [0.29, 0.717) is 0 Å². The maximum absolute atomic E-state index is 12.3. The minimum atomic E-state index is -0.977. The summed E-state index contributed by atoms with van der Waals surface area (Å²) in [6.45, 7) is 1.85. The summed E-state index contributed by atoms with van der Waals surface area (Å²) in [5.41, 5.74) is 0.0846. The Kier molecular flexibility index (Phi) is 4.82. The quantitative estimate of drug-likeness (QED) is 0.671. The van der Waals surface area contributed by atoms with Crippen molar-refractivity contribution in [2.45, 2.75) is 31.7 Å². The van der Waals surface area contributed by atoms with Crippen LogP contribution in [0.15, 0.2) is 0 Å². The van der Waals surface area contributed by atoms with Crippen molar-refractivity contribution in [1.29, 1.82) is 0 Å². The maximum Gasteiger partial charge on any atom is 0.328 e. The van der Waals surface area contributed by atoms with Crippen molar-refractivity contribution >= 4 is 17.8 Å². The number of ether oxygens (including phenoxy) is 2. The van der Waals surface area contributed by atoms with E-state index in [1.54, 1.807) is 0 Å². The van der Waals surface area contributed by atoms with Gasteiger partial charge in [-0.2, -0.15) is 0 Å². The van der Waals surface area contributed by atoms with E-state index >= 15 is 0 Å². The zero-order valence-electron chi connectivity index (χ0n) is 12.4. The molecule has 1 saturated carbocycles. The van der Waals surface area contributed by atoms with Gasteiger partial charge in [-0.05, 0) is 37.8 Å². The van der Waals surface area contributed by atoms with Gasteiger partial charge in [-0.3, -0.25) is 9.59 Å². The van der Waals surface area contributed by atoms with Gasteiger partial charge in [-0.25, -0.2) is 4.79 Å². The molecule has 2 unspecified atom stereocenters. The summed E-state index contributed by atoms with van der Waals surface area (Å²) in [6.07, 6.45) is 2.60. The Morgan fingerprint density at radius 3 is 2.48 bits per heavy atom. The van der Waals surface area contributed by atoms with Gasteiger partial charge in [0.1, 0.15) is 6.04 Å². The van der Waals surface area contributed by atoms with E-state index in [-0.39, 0.29) is 23.7 Å². The van der Waals surface area contributed by atoms with Crippen molar-refractivity contribution in [2.24, 2.45) is 11.3 Å². The molecule has 1 amide bonds. The summed E-state index contributed by atoms with van der Waals surface area (Å²) in [4.78, 5) is 35.3. The average molecular weight is 298 g/mol. The zero-order chi connectivity index (χ0) is 15.5. The molecule has 0 radical (unpaired) electrons. The summed E-state index contributed by atoms with van der Waals surface area (Å²) in [5, 5.41) is 5.91. The largest absolute Gasteiger partial charge is 0.469 e. The lowest BCUT2D eigenvalue weighted by atomic mass is 9.91. The van der Waals surface area contributed by atoms with Gasteiger partial charge >= 0.3 is 11.9 Å². The molecule has 2 aliphatic rings. The molecule has 0 aromatic rings. The maximum atomic E-state index is 12.3. The first kappa shape index (κ1) is 15.8. The van der Waals surface area contributed by atoms with Gasteiger partial charge in [0.2, 0.25) is 5.91 Å². The Bertz CT molecular complexity index is 431. The minimum absolute atomic E-state index is 0.0654. The van der Waals surface area contributed by atoms with Gasteiger partial charge in [-0.1, -0.05) is 0 Å². The molecule has 0 aromatic carbocycles. The summed E-state index contributed by atoms with van der Waals surface area (Å²) >= 11 is 0. The van der Waals surface area contributed by atoms with Crippen LogP contribution in [0.2, 0.25) is 0 Å². The number of hydrogen-bond acceptors (Lipinski definition) is 6. The van der Waals surface area contributed by atoms with E-state index < -0.39 is 18.0 Å². The highest BCUT2D eigenvalue weighted by atomic mass is 16.5. The van der Waals surface area contributed by atoms with Crippen LogP contribution in [-0.4, -0.2) is 51.2 Å². The van der Waals surface area contributed by atoms with Crippen molar-refractivity contribution in [3.8, 4) is 0 Å². The van der Waals surface area contributed by atoms with Gasteiger partial charge in [0, 0.05) is 5.92 Å². The number of piperidine rings is 1. The van der Waals surface area contributed by atoms with Crippen molar-refractivity contribution in [3.63, 3.8) is 0 Å². The minimum Gasteiger partial charge on any atom is -0.469 e. The molecule has 118 valence electrons. The van der Waals surface area contributed by atoms with Crippen LogP contribution >= 0.6 is 0 Å². The third kappa shape index (κ3) is 3.53. The first-order chi connectivity index (χ1) is 10.0. The molecule has 1 aliphatic carbocycles. The highest BCUT2D eigenvalue weighted by Crippen LogP contribution is 2.58. The van der Waals surface area contributed by atoms with Crippen LogP contribution in [-0.2, 0) is 23.9 Å². The van der Waals surface area contributed by atoms with Crippen LogP contribution < -0.4 is 10.6 Å². The summed E-state index contributed by atoms with van der Waals surface area (Å²) < 4.78 is 9.16. The van der Waals surface area contributed by atoms with Crippen LogP contribution in [0.5, 0.6) is 0 Å². The number of carbonyl (C=O) groups excluding carboxylic acids is 3. The lowest BCUT2D eigenvalue weighted by Crippen LogP contribution is -2.44. The lowest BCUT2D eigenvalue weighted by Gasteiger charge is -2.23. The number of esters is 2. The molecule has 7 nitrogen and oxygen atoms in total. The zero-order valence-corrected chi connectivity index (χ0v) is 12.4. The molecule has 2 N–H and O–H groups in total. The number of nitrogens with one attached hydrogen (secondary N) is 2. The Hall–Kier alpha value is -1.63. The lowest BCUT2D eigenvalue weighted by molar-refractivity contribution is -0.150. The van der Waals surface area contributed by atoms with Crippen molar-refractivity contribution < 1.29 is 23.9 Å². The highest BCUT2D eigenvalue weighted by Gasteiger charge is 2.58. The first-order valence-electron chi connectivity index (χ1n) is 7.18. The van der Waals surface area contributed by atoms with E-state index in [4.69, 9.17) is 0 Å². The molecular formula is C14H22N2O5. The van der Waals surface area contributed by atoms with Gasteiger partial charge in [0.05, 0.1) is 20.6 Å². The SMILES string of the molecule is COC(=O)CC(NC(=O)C1CC12CCNCC2)C(=O)OC. The molecule has 1 spiro atoms. The summed E-state index contributed by atoms with van der Waals surface area (Å²) in [6, 6.07) is -0.977. The summed E-state index contributed by atoms with van der Waals surface area (Å²) in [5.74, 6) is -1.42. The van der Waals surface area contributed by atoms with E-state index in [2.05, 4.69) is 20.1 Å². The molecule has 2 atom stereocenters. The van der Waals surface area contributed by atoms with E-state index in [0.717, 1.165) is 32.4 Å². The molecule has 2 fully saturated rings. The van der Waals surface area contributed by atoms with Crippen LogP contribution in [0.25, 0.3) is 0 Å². The van der Waals surface area contributed by atoms with E-state index in [9.17, 15) is 14.4 Å². The number of amides is 1. The van der Waals surface area contributed by atoms with Crippen LogP contribution in [0.4, 0.5) is 0 Å². The fraction of sp³-hybridized carbons (Fsp3) is 0.786. The van der Waals surface area contributed by atoms with E-state index in [1.165, 1.54) is 14.2 Å². The molecule has 1 heterocycles. The second-order valence-corrected chi connectivity index (χ2v) is 5.73. The monoisotopic (exact) mass is 298 g/mol. The Balaban J connectivity index is 1.92. The third-order valence-electron chi connectivity index (χ3n) is 4.51. The normalized spacial score (nSPS) is 24.0. The van der Waals surface area contributed by atoms with Crippen LogP contribution in [0, 0.1) is 11.3 Å². The molecular weight excluding hydrogens is 276 g/mol. The topological polar surface area (TPSA) is 93.7 Å². The second-order valence-electron chi connectivity index (χ2n) is 5.73. The predicted molar refractivity (Wildman–Crippen MR) is 73.2 cm³/mol. The fourth-order valence-electron chi connectivity index (χ4n) is 3.05. The third-order valence-corrected chi connectivity index (χ3v) is 4.51. The molecule has 21 heavy (non-hydrogen) atoms. The van der Waals surface area contributed by atoms with Crippen molar-refractivity contribution in [3.05, 3.63) is 0 Å². The Morgan fingerprint density at radius 1 is 1.24 bits per heavy atom. The molecule has 1 aliphatic heterocycles. The Labute approximate surface area is 123 Å². The summed E-state index contributed by atoms with van der Waals surface area (Å²) in [7, 11) is 2.47. The van der Waals surface area contributed by atoms with Gasteiger partial charge in [-0.15, -0.1) is 0 Å². The first-order valence-corrected chi connectivity index (χ1v) is 7.18. The second kappa shape index (κ2) is 6.43. The number of hydrogen-bond donors (Lipinski definition) is 2. The number of methoxy groups -OCH3 is 2. The smallest absolute Gasteiger partial charge is 0.328 e. The predicted octanol–water partition coefficient (Wildman–Crippen LogP) is -0.403. The molecule has 0 aromatic heterocycles. The molecule has 1 saturated heterocycles. The standard InChI is InChI=1S/C14H22N2O5/c1-20-11(17)7-10(13(19)21-2)16-12(18)9-8-14(9)3-5-15-6-4-14/h9-10,15H,3-8H2,1-2H3,(H,16,18). The van der Waals surface area contributed by atoms with Crippen molar-refractivity contribution in [1.82, 2.24) is 10.6 Å². The highest BCUT2D eigenvalue weighted by molar-refractivity contribution is 5.90. The van der Waals surface area contributed by atoms with Crippen LogP contribution in [0.1, 0.15) is 25.7 Å². The average Bonchev–Trinajstić information content (AvgIpc) is 3.19. The van der Waals surface area contributed by atoms with Crippen molar-refractivity contribution in [2.75, 3.05) is 27.3 Å². The van der Waals surface area contributed by atoms with Gasteiger partial charge in [0.15, 0.2) is 0 Å². The fourth-order valence-corrected chi connectivity index (χ4v) is 3.05. The molecule has 7 heteroatoms. The number of rotatable bonds is 5. The van der Waals surface area contributed by atoms with Gasteiger partial charge < -0.3 is 20.1 Å². The number of carbonyl (C=O) groups is 3.